The number of rotatable bonds is 13. The number of nitrogens with one attached hydrogen (secondary N) is 1. The van der Waals surface area contributed by atoms with Crippen molar-refractivity contribution in [1.29, 1.82) is 0 Å². The summed E-state index contributed by atoms with van der Waals surface area (Å²) in [4.78, 5) is 0.284. The van der Waals surface area contributed by atoms with E-state index >= 15 is 0 Å². The first kappa shape index (κ1) is 20.2. The van der Waals surface area contributed by atoms with Crippen LogP contribution in [0.5, 0.6) is 0 Å². The molecule has 1 aromatic rings. The summed E-state index contributed by atoms with van der Waals surface area (Å²) in [7, 11) is -1.68. The van der Waals surface area contributed by atoms with Gasteiger partial charge in [-0.25, -0.2) is 13.1 Å². The van der Waals surface area contributed by atoms with Gasteiger partial charge in [-0.2, -0.15) is 5.10 Å². The molecule has 0 aromatic carbocycles. The van der Waals surface area contributed by atoms with E-state index in [-0.39, 0.29) is 4.90 Å². The molecule has 0 fully saturated rings. The zero-order chi connectivity index (χ0) is 17.1. The van der Waals surface area contributed by atoms with E-state index in [1.807, 2.05) is 0 Å². The minimum atomic E-state index is -3.41. The van der Waals surface area contributed by atoms with Gasteiger partial charge in [0.25, 0.3) is 0 Å². The second-order valence-electron chi connectivity index (χ2n) is 6.33. The second kappa shape index (κ2) is 10.8. The molecule has 0 aliphatic carbocycles. The van der Waals surface area contributed by atoms with Crippen molar-refractivity contribution in [2.75, 3.05) is 6.54 Å². The Bertz CT molecular complexity index is 538. The van der Waals surface area contributed by atoms with E-state index in [0.29, 0.717) is 12.2 Å². The number of hydrogen-bond acceptors (Lipinski definition) is 3. The van der Waals surface area contributed by atoms with E-state index in [0.717, 1.165) is 12.8 Å². The lowest BCUT2D eigenvalue weighted by molar-refractivity contribution is 0.548. The maximum absolute atomic E-state index is 12.2. The third-order valence-corrected chi connectivity index (χ3v) is 5.64. The summed E-state index contributed by atoms with van der Waals surface area (Å²) in [6.45, 7) is 4.46. The summed E-state index contributed by atoms with van der Waals surface area (Å²) < 4.78 is 28.5. The van der Waals surface area contributed by atoms with Crippen LogP contribution >= 0.6 is 0 Å². The van der Waals surface area contributed by atoms with Crippen LogP contribution in [-0.2, 0) is 17.1 Å². The molecule has 0 aliphatic heterocycles. The Morgan fingerprint density at radius 2 is 1.52 bits per heavy atom. The Kier molecular flexibility index (Phi) is 9.48. The third kappa shape index (κ3) is 7.97. The fourth-order valence-electron chi connectivity index (χ4n) is 2.74. The van der Waals surface area contributed by atoms with Crippen molar-refractivity contribution >= 4 is 10.0 Å². The van der Waals surface area contributed by atoms with Crippen LogP contribution in [-0.4, -0.2) is 24.7 Å². The molecule has 0 unspecified atom stereocenters. The monoisotopic (exact) mass is 343 g/mol. The van der Waals surface area contributed by atoms with Crippen molar-refractivity contribution in [1.82, 2.24) is 14.5 Å². The highest BCUT2D eigenvalue weighted by Gasteiger charge is 2.18. The van der Waals surface area contributed by atoms with Gasteiger partial charge in [0.1, 0.15) is 4.90 Å². The summed E-state index contributed by atoms with van der Waals surface area (Å²) in [5.74, 6) is 0. The van der Waals surface area contributed by atoms with E-state index in [4.69, 9.17) is 0 Å². The van der Waals surface area contributed by atoms with Gasteiger partial charge in [0.05, 0.1) is 5.69 Å². The molecule has 0 amide bonds. The highest BCUT2D eigenvalue weighted by atomic mass is 32.2. The number of hydrogen-bond donors (Lipinski definition) is 1. The molecule has 23 heavy (non-hydrogen) atoms. The van der Waals surface area contributed by atoms with Gasteiger partial charge in [-0.15, -0.1) is 0 Å². The Hall–Kier alpha value is -0.880. The Labute approximate surface area is 141 Å². The summed E-state index contributed by atoms with van der Waals surface area (Å²) in [6.07, 6.45) is 14.0. The van der Waals surface area contributed by atoms with Crippen molar-refractivity contribution in [3.8, 4) is 0 Å². The molecule has 1 rings (SSSR count). The molecule has 0 atom stereocenters. The molecule has 0 spiro atoms. The molecule has 0 radical (unpaired) electrons. The zero-order valence-electron chi connectivity index (χ0n) is 15.0. The molecule has 1 N–H and O–H groups in total. The maximum atomic E-state index is 12.2. The second-order valence-corrected chi connectivity index (χ2v) is 8.07. The lowest BCUT2D eigenvalue weighted by Gasteiger charge is -2.06. The van der Waals surface area contributed by atoms with Crippen LogP contribution in [0.25, 0.3) is 0 Å². The quantitative estimate of drug-likeness (QED) is 0.552. The Morgan fingerprint density at radius 1 is 1.00 bits per heavy atom. The highest BCUT2D eigenvalue weighted by Crippen LogP contribution is 2.13. The van der Waals surface area contributed by atoms with Gasteiger partial charge in [0.15, 0.2) is 0 Å². The molecular formula is C17H33N3O2S. The van der Waals surface area contributed by atoms with Crippen LogP contribution < -0.4 is 4.72 Å². The average Bonchev–Trinajstić information content (AvgIpc) is 2.84. The molecule has 0 aliphatic rings. The van der Waals surface area contributed by atoms with Crippen LogP contribution in [0, 0.1) is 6.92 Å². The fraction of sp³-hybridized carbons (Fsp3) is 0.824. The smallest absolute Gasteiger partial charge is 0.243 e. The highest BCUT2D eigenvalue weighted by molar-refractivity contribution is 7.89. The number of aryl methyl sites for hydroxylation is 2. The Balaban J connectivity index is 2.08. The van der Waals surface area contributed by atoms with Crippen molar-refractivity contribution in [2.45, 2.75) is 83.0 Å². The first-order chi connectivity index (χ1) is 11.0. The minimum absolute atomic E-state index is 0.284. The molecule has 5 nitrogen and oxygen atoms in total. The van der Waals surface area contributed by atoms with Crippen LogP contribution in [0.4, 0.5) is 0 Å². The van der Waals surface area contributed by atoms with Gasteiger partial charge in [-0.3, -0.25) is 4.68 Å². The van der Waals surface area contributed by atoms with Gasteiger partial charge >= 0.3 is 0 Å². The Morgan fingerprint density at radius 3 is 2.00 bits per heavy atom. The predicted molar refractivity (Wildman–Crippen MR) is 95.0 cm³/mol. The lowest BCUT2D eigenvalue weighted by atomic mass is 10.1. The van der Waals surface area contributed by atoms with Crippen molar-refractivity contribution in [2.24, 2.45) is 7.05 Å². The number of unbranched alkanes of at least 4 members (excludes halogenated alkanes) is 9. The zero-order valence-corrected chi connectivity index (χ0v) is 15.8. The lowest BCUT2D eigenvalue weighted by Crippen LogP contribution is -2.25. The molecule has 0 saturated heterocycles. The third-order valence-electron chi connectivity index (χ3n) is 4.08. The summed E-state index contributed by atoms with van der Waals surface area (Å²) >= 11 is 0. The number of nitrogens with zero attached hydrogens (tertiary/aromatic N) is 2. The number of sulfonamides is 1. The average molecular weight is 344 g/mol. The molecular weight excluding hydrogens is 310 g/mol. The molecule has 134 valence electrons. The first-order valence-corrected chi connectivity index (χ1v) is 10.5. The van der Waals surface area contributed by atoms with Crippen molar-refractivity contribution < 1.29 is 8.42 Å². The van der Waals surface area contributed by atoms with Gasteiger partial charge in [-0.05, 0) is 13.3 Å². The van der Waals surface area contributed by atoms with Crippen molar-refractivity contribution in [3.05, 3.63) is 11.9 Å². The first-order valence-electron chi connectivity index (χ1n) is 8.97. The normalized spacial score (nSPS) is 12.0. The van der Waals surface area contributed by atoms with E-state index < -0.39 is 10.0 Å². The standard InChI is InChI=1S/C17H33N3O2S/c1-4-5-6-7-8-9-10-11-12-13-14-18-23(21,22)17-15-20(3)19-16(17)2/h15,18H,4-14H2,1-3H3. The van der Waals surface area contributed by atoms with Crippen molar-refractivity contribution in [3.63, 3.8) is 0 Å². The molecule has 1 heterocycles. The van der Waals surface area contributed by atoms with Crippen LogP contribution in [0.15, 0.2) is 11.1 Å². The molecule has 0 bridgehead atoms. The fourth-order valence-corrected chi connectivity index (χ4v) is 4.03. The van der Waals surface area contributed by atoms with E-state index in [2.05, 4.69) is 16.7 Å². The topological polar surface area (TPSA) is 64.0 Å². The SMILES string of the molecule is CCCCCCCCCCCCNS(=O)(=O)c1cn(C)nc1C. The van der Waals surface area contributed by atoms with Gasteiger partial charge < -0.3 is 0 Å². The van der Waals surface area contributed by atoms with Gasteiger partial charge in [0, 0.05) is 19.8 Å². The maximum Gasteiger partial charge on any atom is 0.243 e. The molecule has 0 saturated carbocycles. The van der Waals surface area contributed by atoms with Gasteiger partial charge in [0.2, 0.25) is 10.0 Å². The number of aromatic nitrogens is 2. The van der Waals surface area contributed by atoms with Gasteiger partial charge in [-0.1, -0.05) is 64.7 Å². The summed E-state index contributed by atoms with van der Waals surface area (Å²) in [5, 5.41) is 4.08. The van der Waals surface area contributed by atoms with E-state index in [1.165, 1.54) is 56.0 Å². The van der Waals surface area contributed by atoms with Crippen LogP contribution in [0.3, 0.4) is 0 Å². The summed E-state index contributed by atoms with van der Waals surface area (Å²) in [6, 6.07) is 0. The molecule has 1 aromatic heterocycles. The van der Waals surface area contributed by atoms with Crippen LogP contribution in [0.1, 0.15) is 76.8 Å². The summed E-state index contributed by atoms with van der Waals surface area (Å²) in [5.41, 5.74) is 0.545. The van der Waals surface area contributed by atoms with E-state index in [1.54, 1.807) is 20.2 Å². The predicted octanol–water partition coefficient (Wildman–Crippen LogP) is 3.93. The minimum Gasteiger partial charge on any atom is -0.274 e. The van der Waals surface area contributed by atoms with Crippen LogP contribution in [0.2, 0.25) is 0 Å². The van der Waals surface area contributed by atoms with E-state index in [9.17, 15) is 8.42 Å². The largest absolute Gasteiger partial charge is 0.274 e. The molecule has 6 heteroatoms.